The van der Waals surface area contributed by atoms with Gasteiger partial charge in [0, 0.05) is 5.56 Å². The Morgan fingerprint density at radius 2 is 1.70 bits per heavy atom. The van der Waals surface area contributed by atoms with Gasteiger partial charge in [0.1, 0.15) is 12.4 Å². The predicted molar refractivity (Wildman–Crippen MR) is 90.8 cm³/mol. The fourth-order valence-electron chi connectivity index (χ4n) is 2.58. The van der Waals surface area contributed by atoms with Crippen molar-refractivity contribution in [2.24, 2.45) is 0 Å². The quantitative estimate of drug-likeness (QED) is 0.665. The smallest absolute Gasteiger partial charge is 0.338 e. The molecule has 0 aliphatic rings. The second-order valence-corrected chi connectivity index (χ2v) is 5.41. The summed E-state index contributed by atoms with van der Waals surface area (Å²) in [6.07, 6.45) is 0. The van der Waals surface area contributed by atoms with Crippen molar-refractivity contribution in [2.75, 3.05) is 7.11 Å². The van der Waals surface area contributed by atoms with Crippen LogP contribution in [0, 0.1) is 6.92 Å². The molecule has 0 saturated carbocycles. The van der Waals surface area contributed by atoms with Crippen LogP contribution in [0.25, 0.3) is 10.8 Å². The van der Waals surface area contributed by atoms with E-state index in [4.69, 9.17) is 9.47 Å². The zero-order valence-corrected chi connectivity index (χ0v) is 13.2. The number of methoxy groups -OCH3 is 1. The normalized spacial score (nSPS) is 10.5. The van der Waals surface area contributed by atoms with Crippen LogP contribution in [0.4, 0.5) is 0 Å². The van der Waals surface area contributed by atoms with Gasteiger partial charge in [0.25, 0.3) is 0 Å². The Labute approximate surface area is 135 Å². The molecule has 0 amide bonds. The molecule has 0 bridgehead atoms. The first-order chi connectivity index (χ1) is 11.2. The SMILES string of the molecule is COC(=O)c1c(COc2ccc(C)cc2)ccc2ccccc12. The third kappa shape index (κ3) is 3.19. The first-order valence-corrected chi connectivity index (χ1v) is 7.47. The van der Waals surface area contributed by atoms with Gasteiger partial charge in [-0.15, -0.1) is 0 Å². The van der Waals surface area contributed by atoms with Gasteiger partial charge >= 0.3 is 5.97 Å². The summed E-state index contributed by atoms with van der Waals surface area (Å²) >= 11 is 0. The maximum atomic E-state index is 12.2. The second-order valence-electron chi connectivity index (χ2n) is 5.41. The van der Waals surface area contributed by atoms with Gasteiger partial charge in [-0.05, 0) is 29.8 Å². The molecule has 23 heavy (non-hydrogen) atoms. The minimum atomic E-state index is -0.343. The number of carbonyl (C=O) groups is 1. The Hall–Kier alpha value is -2.81. The molecule has 0 aliphatic heterocycles. The van der Waals surface area contributed by atoms with Crippen LogP contribution >= 0.6 is 0 Å². The first kappa shape index (κ1) is 15.1. The highest BCUT2D eigenvalue weighted by atomic mass is 16.5. The fraction of sp³-hybridized carbons (Fsp3) is 0.150. The molecule has 3 aromatic carbocycles. The van der Waals surface area contributed by atoms with Crippen molar-refractivity contribution < 1.29 is 14.3 Å². The van der Waals surface area contributed by atoms with Gasteiger partial charge in [-0.2, -0.15) is 0 Å². The van der Waals surface area contributed by atoms with E-state index in [1.54, 1.807) is 0 Å². The molecule has 0 fully saturated rings. The number of fused-ring (bicyclic) bond motifs is 1. The third-order valence-corrected chi connectivity index (χ3v) is 3.82. The van der Waals surface area contributed by atoms with Gasteiger partial charge in [-0.1, -0.05) is 54.1 Å². The Morgan fingerprint density at radius 1 is 0.957 bits per heavy atom. The Bertz CT molecular complexity index is 835. The number of esters is 1. The van der Waals surface area contributed by atoms with Crippen molar-refractivity contribution in [2.45, 2.75) is 13.5 Å². The number of aryl methyl sites for hydroxylation is 1. The average molecular weight is 306 g/mol. The van der Waals surface area contributed by atoms with Crippen LogP contribution in [0.2, 0.25) is 0 Å². The highest BCUT2D eigenvalue weighted by Gasteiger charge is 2.16. The Morgan fingerprint density at radius 3 is 2.43 bits per heavy atom. The lowest BCUT2D eigenvalue weighted by molar-refractivity contribution is 0.0600. The maximum absolute atomic E-state index is 12.2. The highest BCUT2D eigenvalue weighted by Crippen LogP contribution is 2.25. The molecule has 116 valence electrons. The summed E-state index contributed by atoms with van der Waals surface area (Å²) in [5.74, 6) is 0.434. The van der Waals surface area contributed by atoms with Crippen molar-refractivity contribution in [3.63, 3.8) is 0 Å². The summed E-state index contributed by atoms with van der Waals surface area (Å²) in [6, 6.07) is 19.5. The highest BCUT2D eigenvalue weighted by molar-refractivity contribution is 6.05. The predicted octanol–water partition coefficient (Wildman–Crippen LogP) is 4.51. The molecule has 0 aromatic heterocycles. The number of carbonyl (C=O) groups excluding carboxylic acids is 1. The molecule has 0 heterocycles. The van der Waals surface area contributed by atoms with Crippen LogP contribution in [0.1, 0.15) is 21.5 Å². The zero-order valence-electron chi connectivity index (χ0n) is 13.2. The number of benzene rings is 3. The molecule has 0 spiro atoms. The summed E-state index contributed by atoms with van der Waals surface area (Å²) in [6.45, 7) is 2.35. The van der Waals surface area contributed by atoms with Gasteiger partial charge in [0.05, 0.1) is 12.7 Å². The van der Waals surface area contributed by atoms with Crippen LogP contribution in [-0.4, -0.2) is 13.1 Å². The van der Waals surface area contributed by atoms with E-state index in [-0.39, 0.29) is 5.97 Å². The summed E-state index contributed by atoms with van der Waals surface area (Å²) in [4.78, 5) is 12.2. The molecule has 0 atom stereocenters. The Kier molecular flexibility index (Phi) is 4.29. The molecule has 0 N–H and O–H groups in total. The van der Waals surface area contributed by atoms with Crippen LogP contribution in [0.3, 0.4) is 0 Å². The lowest BCUT2D eigenvalue weighted by atomic mass is 9.99. The minimum Gasteiger partial charge on any atom is -0.489 e. The standard InChI is InChI=1S/C20H18O3/c1-14-7-11-17(12-8-14)23-13-16-10-9-15-5-3-4-6-18(15)19(16)20(21)22-2/h3-12H,13H2,1-2H3. The lowest BCUT2D eigenvalue weighted by Gasteiger charge is -2.13. The maximum Gasteiger partial charge on any atom is 0.338 e. The van der Waals surface area contributed by atoms with Crippen LogP contribution in [-0.2, 0) is 11.3 Å². The monoisotopic (exact) mass is 306 g/mol. The molecular weight excluding hydrogens is 288 g/mol. The minimum absolute atomic E-state index is 0.318. The molecule has 0 radical (unpaired) electrons. The average Bonchev–Trinajstić information content (AvgIpc) is 2.60. The van der Waals surface area contributed by atoms with Crippen LogP contribution < -0.4 is 4.74 Å². The zero-order chi connectivity index (χ0) is 16.2. The van der Waals surface area contributed by atoms with Crippen LogP contribution in [0.5, 0.6) is 5.75 Å². The first-order valence-electron chi connectivity index (χ1n) is 7.47. The van der Waals surface area contributed by atoms with E-state index < -0.39 is 0 Å². The van der Waals surface area contributed by atoms with Crippen molar-refractivity contribution in [3.05, 3.63) is 77.4 Å². The van der Waals surface area contributed by atoms with E-state index in [1.165, 1.54) is 12.7 Å². The van der Waals surface area contributed by atoms with Gasteiger partial charge in [0.2, 0.25) is 0 Å². The van der Waals surface area contributed by atoms with Crippen molar-refractivity contribution in [1.82, 2.24) is 0 Å². The van der Waals surface area contributed by atoms with Crippen molar-refractivity contribution in [1.29, 1.82) is 0 Å². The van der Waals surface area contributed by atoms with E-state index in [0.717, 1.165) is 22.1 Å². The van der Waals surface area contributed by atoms with E-state index in [2.05, 4.69) is 0 Å². The summed E-state index contributed by atoms with van der Waals surface area (Å²) in [5, 5.41) is 1.89. The van der Waals surface area contributed by atoms with E-state index in [0.29, 0.717) is 12.2 Å². The van der Waals surface area contributed by atoms with E-state index in [1.807, 2.05) is 67.6 Å². The van der Waals surface area contributed by atoms with Crippen LogP contribution in [0.15, 0.2) is 60.7 Å². The number of hydrogen-bond acceptors (Lipinski definition) is 3. The molecular formula is C20H18O3. The van der Waals surface area contributed by atoms with Crippen molar-refractivity contribution in [3.8, 4) is 5.75 Å². The van der Waals surface area contributed by atoms with E-state index >= 15 is 0 Å². The lowest BCUT2D eigenvalue weighted by Crippen LogP contribution is -2.09. The second kappa shape index (κ2) is 6.53. The van der Waals surface area contributed by atoms with Gasteiger partial charge in [-0.25, -0.2) is 4.79 Å². The molecule has 0 aliphatic carbocycles. The largest absolute Gasteiger partial charge is 0.489 e. The Balaban J connectivity index is 1.96. The summed E-state index contributed by atoms with van der Waals surface area (Å²) < 4.78 is 10.8. The number of ether oxygens (including phenoxy) is 2. The molecule has 0 unspecified atom stereocenters. The van der Waals surface area contributed by atoms with Gasteiger partial charge in [-0.3, -0.25) is 0 Å². The van der Waals surface area contributed by atoms with E-state index in [9.17, 15) is 4.79 Å². The third-order valence-electron chi connectivity index (χ3n) is 3.82. The molecule has 3 aromatic rings. The molecule has 0 saturated heterocycles. The number of rotatable bonds is 4. The summed E-state index contributed by atoms with van der Waals surface area (Å²) in [5.41, 5.74) is 2.56. The van der Waals surface area contributed by atoms with Gasteiger partial charge in [0.15, 0.2) is 0 Å². The topological polar surface area (TPSA) is 35.5 Å². The molecule has 3 nitrogen and oxygen atoms in total. The molecule has 3 rings (SSSR count). The van der Waals surface area contributed by atoms with Crippen molar-refractivity contribution >= 4 is 16.7 Å². The fourth-order valence-corrected chi connectivity index (χ4v) is 2.58. The molecule has 3 heteroatoms. The number of hydrogen-bond donors (Lipinski definition) is 0. The van der Waals surface area contributed by atoms with Gasteiger partial charge < -0.3 is 9.47 Å². The summed E-state index contributed by atoms with van der Waals surface area (Å²) in [7, 11) is 1.40.